The van der Waals surface area contributed by atoms with E-state index in [1.807, 2.05) is 43.3 Å². The van der Waals surface area contributed by atoms with Crippen LogP contribution in [0.4, 0.5) is 0 Å². The number of hydrogen-bond donors (Lipinski definition) is 1. The van der Waals surface area contributed by atoms with Crippen molar-refractivity contribution in [3.8, 4) is 0 Å². The molecule has 3 aromatic rings. The molecule has 2 aromatic carbocycles. The van der Waals surface area contributed by atoms with Crippen molar-refractivity contribution in [3.05, 3.63) is 74.2 Å². The number of aromatic amines is 1. The summed E-state index contributed by atoms with van der Waals surface area (Å²) in [4.78, 5) is 19.4. The lowest BCUT2D eigenvalue weighted by atomic mass is 10.1. The van der Waals surface area contributed by atoms with Gasteiger partial charge in [-0.15, -0.1) is 0 Å². The lowest BCUT2D eigenvalue weighted by Gasteiger charge is -2.04. The molecule has 5 heteroatoms. The fourth-order valence-electron chi connectivity index (χ4n) is 2.23. The third kappa shape index (κ3) is 2.98. The second-order valence-electron chi connectivity index (χ2n) is 4.93. The summed E-state index contributed by atoms with van der Waals surface area (Å²) in [6.07, 6.45) is 1.77. The third-order valence-electron chi connectivity index (χ3n) is 3.31. The normalized spacial score (nSPS) is 11.9. The maximum Gasteiger partial charge on any atom is 0.259 e. The average Bonchev–Trinajstić information content (AvgIpc) is 2.48. The number of nitrogens with zero attached hydrogens (tertiary/aromatic N) is 1. The van der Waals surface area contributed by atoms with Gasteiger partial charge in [0, 0.05) is 4.47 Å². The van der Waals surface area contributed by atoms with Crippen LogP contribution in [0.1, 0.15) is 17.0 Å². The first-order valence-corrected chi connectivity index (χ1v) is 7.84. The van der Waals surface area contributed by atoms with Gasteiger partial charge < -0.3 is 4.98 Å². The summed E-state index contributed by atoms with van der Waals surface area (Å²) in [7, 11) is 0. The highest BCUT2D eigenvalue weighted by Gasteiger charge is 2.08. The summed E-state index contributed by atoms with van der Waals surface area (Å²) >= 11 is 9.75. The second kappa shape index (κ2) is 6.07. The molecule has 0 fully saturated rings. The molecule has 0 unspecified atom stereocenters. The van der Waals surface area contributed by atoms with Crippen molar-refractivity contribution in [2.45, 2.75) is 6.92 Å². The topological polar surface area (TPSA) is 45.8 Å². The number of nitrogens with one attached hydrogen (secondary N) is 1. The Labute approximate surface area is 140 Å². The minimum absolute atomic E-state index is 0.190. The van der Waals surface area contributed by atoms with E-state index in [0.717, 1.165) is 15.6 Å². The Morgan fingerprint density at radius 2 is 2.05 bits per heavy atom. The lowest BCUT2D eigenvalue weighted by Crippen LogP contribution is -2.11. The number of halogens is 2. The zero-order valence-electron chi connectivity index (χ0n) is 11.7. The summed E-state index contributed by atoms with van der Waals surface area (Å²) in [5.41, 5.74) is 2.34. The number of para-hydroxylation sites is 1. The van der Waals surface area contributed by atoms with Crippen LogP contribution in [0, 0.1) is 6.92 Å². The van der Waals surface area contributed by atoms with Gasteiger partial charge in [0.25, 0.3) is 5.56 Å². The Morgan fingerprint density at radius 1 is 1.27 bits per heavy atom. The van der Waals surface area contributed by atoms with Gasteiger partial charge in [-0.3, -0.25) is 4.79 Å². The van der Waals surface area contributed by atoms with E-state index in [-0.39, 0.29) is 5.56 Å². The van der Waals surface area contributed by atoms with E-state index >= 15 is 0 Å². The average molecular weight is 376 g/mol. The standard InChI is InChI=1S/C17H12BrClN2O/c1-10-4-2-7-13-15(10)20-16(21-17(13)22)14(19)9-11-5-3-6-12(18)8-11/h2-9H,1H3,(H,20,21,22)/b14-9-. The number of hydrogen-bond acceptors (Lipinski definition) is 2. The van der Waals surface area contributed by atoms with Crippen LogP contribution in [-0.2, 0) is 0 Å². The fraction of sp³-hybridized carbons (Fsp3) is 0.0588. The van der Waals surface area contributed by atoms with Crippen molar-refractivity contribution < 1.29 is 0 Å². The minimum Gasteiger partial charge on any atom is -0.305 e. The molecule has 0 saturated carbocycles. The van der Waals surface area contributed by atoms with Crippen LogP contribution in [0.5, 0.6) is 0 Å². The van der Waals surface area contributed by atoms with Crippen LogP contribution in [-0.4, -0.2) is 9.97 Å². The Bertz CT molecular complexity index is 947. The number of aryl methyl sites for hydroxylation is 1. The van der Waals surface area contributed by atoms with Crippen LogP contribution in [0.25, 0.3) is 22.0 Å². The Hall–Kier alpha value is -1.91. The minimum atomic E-state index is -0.190. The monoisotopic (exact) mass is 374 g/mol. The Morgan fingerprint density at radius 3 is 2.82 bits per heavy atom. The molecule has 22 heavy (non-hydrogen) atoms. The first-order valence-electron chi connectivity index (χ1n) is 6.67. The highest BCUT2D eigenvalue weighted by molar-refractivity contribution is 9.10. The van der Waals surface area contributed by atoms with Gasteiger partial charge in [-0.1, -0.05) is 51.8 Å². The van der Waals surface area contributed by atoms with Crippen LogP contribution in [0.15, 0.2) is 51.7 Å². The zero-order valence-corrected chi connectivity index (χ0v) is 14.1. The lowest BCUT2D eigenvalue weighted by molar-refractivity contribution is 1.13. The highest BCUT2D eigenvalue weighted by Crippen LogP contribution is 2.22. The van der Waals surface area contributed by atoms with Crippen molar-refractivity contribution in [2.24, 2.45) is 0 Å². The van der Waals surface area contributed by atoms with Crippen LogP contribution in [0.3, 0.4) is 0 Å². The van der Waals surface area contributed by atoms with Crippen LogP contribution in [0.2, 0.25) is 0 Å². The molecule has 0 atom stereocenters. The number of aromatic nitrogens is 2. The SMILES string of the molecule is Cc1cccc2c(=O)[nH]c(/C(Cl)=C/c3cccc(Br)c3)nc12. The van der Waals surface area contributed by atoms with Gasteiger partial charge in [0.2, 0.25) is 0 Å². The Balaban J connectivity index is 2.14. The largest absolute Gasteiger partial charge is 0.305 e. The molecule has 110 valence electrons. The van der Waals surface area contributed by atoms with E-state index in [1.165, 1.54) is 0 Å². The third-order valence-corrected chi connectivity index (χ3v) is 4.09. The molecule has 1 N–H and O–H groups in total. The molecule has 0 aliphatic heterocycles. The molecule has 0 saturated heterocycles. The molecule has 0 radical (unpaired) electrons. The van der Waals surface area contributed by atoms with Gasteiger partial charge >= 0.3 is 0 Å². The number of fused-ring (bicyclic) bond motifs is 1. The maximum atomic E-state index is 12.2. The summed E-state index contributed by atoms with van der Waals surface area (Å²) in [6.45, 7) is 1.92. The fourth-order valence-corrected chi connectivity index (χ4v) is 2.86. The first-order chi connectivity index (χ1) is 10.5. The molecule has 0 spiro atoms. The quantitative estimate of drug-likeness (QED) is 0.704. The predicted octanol–water partition coefficient (Wildman–Crippen LogP) is 4.73. The van der Waals surface area contributed by atoms with Gasteiger partial charge in [0.1, 0.15) is 0 Å². The molecule has 1 aromatic heterocycles. The molecule has 0 aliphatic carbocycles. The van der Waals surface area contributed by atoms with Gasteiger partial charge in [-0.2, -0.15) is 0 Å². The molecule has 0 amide bonds. The van der Waals surface area contributed by atoms with Crippen molar-refractivity contribution in [2.75, 3.05) is 0 Å². The van der Waals surface area contributed by atoms with Crippen LogP contribution < -0.4 is 5.56 Å². The van der Waals surface area contributed by atoms with Crippen molar-refractivity contribution in [3.63, 3.8) is 0 Å². The zero-order chi connectivity index (χ0) is 15.7. The summed E-state index contributed by atoms with van der Waals surface area (Å²) in [5.74, 6) is 0.369. The van der Waals surface area contributed by atoms with Gasteiger partial charge in [-0.25, -0.2) is 4.98 Å². The molecule has 3 nitrogen and oxygen atoms in total. The molecule has 0 aliphatic rings. The van der Waals surface area contributed by atoms with E-state index in [9.17, 15) is 4.79 Å². The smallest absolute Gasteiger partial charge is 0.259 e. The summed E-state index contributed by atoms with van der Waals surface area (Å²) in [6, 6.07) is 13.2. The van der Waals surface area contributed by atoms with Crippen molar-refractivity contribution in [1.82, 2.24) is 9.97 Å². The van der Waals surface area contributed by atoms with Gasteiger partial charge in [0.05, 0.1) is 15.9 Å². The van der Waals surface area contributed by atoms with E-state index in [1.54, 1.807) is 12.1 Å². The van der Waals surface area contributed by atoms with Gasteiger partial charge in [0.15, 0.2) is 5.82 Å². The first kappa shape index (κ1) is 15.0. The summed E-state index contributed by atoms with van der Waals surface area (Å²) in [5, 5.41) is 0.955. The molecular weight excluding hydrogens is 364 g/mol. The van der Waals surface area contributed by atoms with Crippen LogP contribution >= 0.6 is 27.5 Å². The number of H-pyrrole nitrogens is 1. The van der Waals surface area contributed by atoms with Crippen molar-refractivity contribution >= 4 is 49.5 Å². The Kier molecular flexibility index (Phi) is 4.14. The molecule has 1 heterocycles. The van der Waals surface area contributed by atoms with Crippen molar-refractivity contribution in [1.29, 1.82) is 0 Å². The number of rotatable bonds is 2. The van der Waals surface area contributed by atoms with Gasteiger partial charge in [-0.05, 0) is 42.3 Å². The molecule has 0 bridgehead atoms. The highest BCUT2D eigenvalue weighted by atomic mass is 79.9. The number of benzene rings is 2. The van der Waals surface area contributed by atoms with E-state index < -0.39 is 0 Å². The second-order valence-corrected chi connectivity index (χ2v) is 6.26. The predicted molar refractivity (Wildman–Crippen MR) is 95.0 cm³/mol. The molecular formula is C17H12BrClN2O. The summed E-state index contributed by atoms with van der Waals surface area (Å²) < 4.78 is 0.960. The van der Waals surface area contributed by atoms with E-state index in [2.05, 4.69) is 25.9 Å². The van der Waals surface area contributed by atoms with E-state index in [0.29, 0.717) is 21.8 Å². The van der Waals surface area contributed by atoms with E-state index in [4.69, 9.17) is 11.6 Å². The maximum absolute atomic E-state index is 12.2. The molecule has 3 rings (SSSR count).